The van der Waals surface area contributed by atoms with E-state index < -0.39 is 7.26 Å². The van der Waals surface area contributed by atoms with Crippen molar-refractivity contribution in [3.05, 3.63) is 103 Å². The molecule has 0 unspecified atom stereocenters. The highest BCUT2D eigenvalue weighted by Crippen LogP contribution is 2.55. The van der Waals surface area contributed by atoms with E-state index in [1.54, 1.807) is 0 Å². The first kappa shape index (κ1) is 20.5. The maximum absolute atomic E-state index is 13.2. The molecule has 0 aliphatic heterocycles. The Morgan fingerprint density at radius 3 is 1.73 bits per heavy atom. The molecule has 0 aliphatic rings. The van der Waals surface area contributed by atoms with Crippen molar-refractivity contribution >= 4 is 40.1 Å². The van der Waals surface area contributed by atoms with Crippen LogP contribution in [0.25, 0.3) is 0 Å². The van der Waals surface area contributed by atoms with E-state index in [0.29, 0.717) is 24.2 Å². The first-order valence-electron chi connectivity index (χ1n) is 9.75. The van der Waals surface area contributed by atoms with Crippen LogP contribution in [-0.2, 0) is 11.2 Å². The Morgan fingerprint density at radius 1 is 0.800 bits per heavy atom. The molecule has 1 aromatic heterocycles. The predicted molar refractivity (Wildman–Crippen MR) is 125 cm³/mol. The summed E-state index contributed by atoms with van der Waals surface area (Å²) in [5.74, 6) is 1.19. The van der Waals surface area contributed by atoms with Crippen molar-refractivity contribution in [1.82, 2.24) is 10.1 Å². The quantitative estimate of drug-likeness (QED) is 0.395. The number of carbonyl (C=O) groups excluding carboxylic acids is 1. The SMILES string of the molecule is O=C(C[P+](c1ccccc1)(c1ccccc1)c1ccccc1)SCCc1ncno1. The van der Waals surface area contributed by atoms with Crippen LogP contribution in [0, 0.1) is 0 Å². The van der Waals surface area contributed by atoms with Gasteiger partial charge in [0.05, 0.1) is 0 Å². The second-order valence-corrected chi connectivity index (χ2v) is 11.4. The van der Waals surface area contributed by atoms with Crippen LogP contribution >= 0.6 is 19.0 Å². The molecule has 0 spiro atoms. The molecule has 0 fully saturated rings. The summed E-state index contributed by atoms with van der Waals surface area (Å²) in [5, 5.41) is 7.45. The lowest BCUT2D eigenvalue weighted by atomic mass is 10.4. The Bertz CT molecular complexity index is 962. The molecule has 0 amide bonds. The number of hydrogen-bond acceptors (Lipinski definition) is 5. The van der Waals surface area contributed by atoms with Gasteiger partial charge in [-0.15, -0.1) is 0 Å². The molecular formula is C24H22N2O2PS+. The summed E-state index contributed by atoms with van der Waals surface area (Å²) in [6.07, 6.45) is 2.45. The second kappa shape index (κ2) is 9.84. The number of carbonyl (C=O) groups is 1. The van der Waals surface area contributed by atoms with Crippen molar-refractivity contribution in [1.29, 1.82) is 0 Å². The van der Waals surface area contributed by atoms with Gasteiger partial charge >= 0.3 is 0 Å². The van der Waals surface area contributed by atoms with Gasteiger partial charge in [-0.25, -0.2) is 0 Å². The van der Waals surface area contributed by atoms with E-state index in [0.717, 1.165) is 0 Å². The van der Waals surface area contributed by atoms with Crippen LogP contribution in [0.3, 0.4) is 0 Å². The lowest BCUT2D eigenvalue weighted by molar-refractivity contribution is -0.108. The van der Waals surface area contributed by atoms with Crippen LogP contribution < -0.4 is 15.9 Å². The van der Waals surface area contributed by atoms with E-state index in [4.69, 9.17) is 4.52 Å². The summed E-state index contributed by atoms with van der Waals surface area (Å²) in [5.41, 5.74) is 0. The van der Waals surface area contributed by atoms with Gasteiger partial charge in [-0.1, -0.05) is 71.5 Å². The van der Waals surface area contributed by atoms with E-state index >= 15 is 0 Å². The summed E-state index contributed by atoms with van der Waals surface area (Å²) in [6.45, 7) is 0. The Hall–Kier alpha value is -2.75. The van der Waals surface area contributed by atoms with E-state index in [1.807, 2.05) is 18.2 Å². The maximum atomic E-state index is 13.2. The third kappa shape index (κ3) is 4.53. The van der Waals surface area contributed by atoms with Gasteiger partial charge in [-0.2, -0.15) is 4.98 Å². The summed E-state index contributed by atoms with van der Waals surface area (Å²) in [7, 11) is -2.13. The molecule has 0 bridgehead atoms. The van der Waals surface area contributed by atoms with Gasteiger partial charge in [0.1, 0.15) is 29.3 Å². The molecular weight excluding hydrogens is 411 g/mol. The molecule has 0 N–H and O–H groups in total. The number of nitrogens with zero attached hydrogens (tertiary/aromatic N) is 2. The fourth-order valence-corrected chi connectivity index (χ4v) is 8.89. The van der Waals surface area contributed by atoms with E-state index in [-0.39, 0.29) is 5.12 Å². The zero-order valence-corrected chi connectivity index (χ0v) is 18.1. The Labute approximate surface area is 181 Å². The zero-order chi connectivity index (χ0) is 20.7. The molecule has 0 saturated carbocycles. The predicted octanol–water partition coefficient (Wildman–Crippen LogP) is 3.87. The van der Waals surface area contributed by atoms with E-state index in [2.05, 4.69) is 82.9 Å². The number of aryl methyl sites for hydroxylation is 1. The lowest BCUT2D eigenvalue weighted by Gasteiger charge is -2.26. The molecule has 4 nitrogen and oxygen atoms in total. The Kier molecular flexibility index (Phi) is 6.73. The Balaban J connectivity index is 1.70. The number of hydrogen-bond donors (Lipinski definition) is 0. The number of benzene rings is 3. The summed E-state index contributed by atoms with van der Waals surface area (Å²) >= 11 is 1.35. The molecule has 4 rings (SSSR count). The van der Waals surface area contributed by atoms with Crippen LogP contribution in [0.2, 0.25) is 0 Å². The molecule has 0 saturated heterocycles. The summed E-state index contributed by atoms with van der Waals surface area (Å²) in [4.78, 5) is 17.3. The van der Waals surface area contributed by atoms with Crippen molar-refractivity contribution in [2.24, 2.45) is 0 Å². The summed E-state index contributed by atoms with van der Waals surface area (Å²) < 4.78 is 5.05. The normalized spacial score (nSPS) is 11.3. The van der Waals surface area contributed by atoms with Gasteiger partial charge in [0.15, 0.2) is 6.33 Å². The van der Waals surface area contributed by atoms with Crippen LogP contribution in [0.15, 0.2) is 102 Å². The smallest absolute Gasteiger partial charge is 0.227 e. The lowest BCUT2D eigenvalue weighted by Crippen LogP contribution is -2.35. The molecule has 1 heterocycles. The van der Waals surface area contributed by atoms with Crippen LogP contribution in [0.4, 0.5) is 0 Å². The highest BCUT2D eigenvalue weighted by Gasteiger charge is 2.47. The fourth-order valence-electron chi connectivity index (χ4n) is 3.57. The molecule has 3 aromatic carbocycles. The average Bonchev–Trinajstić information content (AvgIpc) is 3.33. The summed E-state index contributed by atoms with van der Waals surface area (Å²) in [6, 6.07) is 31.4. The van der Waals surface area contributed by atoms with Crippen LogP contribution in [-0.4, -0.2) is 27.2 Å². The molecule has 30 heavy (non-hydrogen) atoms. The standard InChI is InChI=1S/C24H22N2O2PS/c27-24(30-17-16-23-25-19-26-28-23)18-29(20-10-4-1-5-11-20,21-12-6-2-7-13-21)22-14-8-3-9-15-22/h1-15,19H,16-18H2/q+1. The van der Waals surface area contributed by atoms with Crippen molar-refractivity contribution in [3.63, 3.8) is 0 Å². The van der Waals surface area contributed by atoms with Crippen LogP contribution in [0.1, 0.15) is 5.89 Å². The first-order valence-corrected chi connectivity index (χ1v) is 12.7. The minimum absolute atomic E-state index is 0.180. The minimum Gasteiger partial charge on any atom is -0.340 e. The molecule has 4 aromatic rings. The highest BCUT2D eigenvalue weighted by molar-refractivity contribution is 8.15. The molecule has 6 heteroatoms. The second-order valence-electron chi connectivity index (χ2n) is 6.78. The topological polar surface area (TPSA) is 56.0 Å². The van der Waals surface area contributed by atoms with Gasteiger partial charge < -0.3 is 4.52 Å². The molecule has 0 atom stereocenters. The average molecular weight is 433 g/mol. The van der Waals surface area contributed by atoms with E-state index in [1.165, 1.54) is 34.0 Å². The monoisotopic (exact) mass is 433 g/mol. The molecule has 150 valence electrons. The molecule has 0 aliphatic carbocycles. The third-order valence-corrected chi connectivity index (χ3v) is 10.3. The number of rotatable bonds is 8. The van der Waals surface area contributed by atoms with Crippen molar-refractivity contribution in [2.75, 3.05) is 11.9 Å². The van der Waals surface area contributed by atoms with Gasteiger partial charge in [0.25, 0.3) is 0 Å². The largest absolute Gasteiger partial charge is 0.340 e. The Morgan fingerprint density at radius 2 is 1.30 bits per heavy atom. The van der Waals surface area contributed by atoms with Gasteiger partial charge in [-0.3, -0.25) is 4.79 Å². The fraction of sp³-hybridized carbons (Fsp3) is 0.125. The van der Waals surface area contributed by atoms with Crippen molar-refractivity contribution in [2.45, 2.75) is 6.42 Å². The number of thioether (sulfide) groups is 1. The van der Waals surface area contributed by atoms with Gasteiger partial charge in [-0.05, 0) is 36.4 Å². The highest BCUT2D eigenvalue weighted by atomic mass is 32.2. The van der Waals surface area contributed by atoms with Crippen molar-refractivity contribution < 1.29 is 9.32 Å². The maximum Gasteiger partial charge on any atom is 0.227 e. The molecule has 0 radical (unpaired) electrons. The third-order valence-electron chi connectivity index (χ3n) is 4.94. The van der Waals surface area contributed by atoms with Gasteiger partial charge in [0, 0.05) is 12.2 Å². The van der Waals surface area contributed by atoms with E-state index in [9.17, 15) is 4.79 Å². The number of aromatic nitrogens is 2. The first-order chi connectivity index (χ1) is 14.8. The van der Waals surface area contributed by atoms with Crippen LogP contribution in [0.5, 0.6) is 0 Å². The van der Waals surface area contributed by atoms with Gasteiger partial charge in [0.2, 0.25) is 11.0 Å². The zero-order valence-electron chi connectivity index (χ0n) is 16.4. The minimum atomic E-state index is -2.13. The van der Waals surface area contributed by atoms with Crippen molar-refractivity contribution in [3.8, 4) is 0 Å².